The van der Waals surface area contributed by atoms with Crippen LogP contribution in [0.15, 0.2) is 24.3 Å². The highest BCUT2D eigenvalue weighted by molar-refractivity contribution is 6.74. The summed E-state index contributed by atoms with van der Waals surface area (Å²) in [4.78, 5) is 17.2. The monoisotopic (exact) mass is 492 g/mol. The van der Waals surface area contributed by atoms with Crippen molar-refractivity contribution in [2.45, 2.75) is 98.0 Å². The zero-order valence-corrected chi connectivity index (χ0v) is 23.2. The van der Waals surface area contributed by atoms with Crippen molar-refractivity contribution < 1.29 is 14.0 Å². The number of benzene rings is 1. The number of hydrogen-bond donors (Lipinski definition) is 0. The van der Waals surface area contributed by atoms with Gasteiger partial charge >= 0.3 is 5.97 Å². The predicted molar refractivity (Wildman–Crippen MR) is 138 cm³/mol. The maximum absolute atomic E-state index is 12.2. The average molecular weight is 493 g/mol. The average Bonchev–Trinajstić information content (AvgIpc) is 3.06. The molecule has 0 radical (unpaired) electrons. The molecule has 0 amide bonds. The quantitative estimate of drug-likeness (QED) is 0.237. The lowest BCUT2D eigenvalue weighted by Gasteiger charge is -2.36. The van der Waals surface area contributed by atoms with Gasteiger partial charge in [-0.2, -0.15) is 0 Å². The fraction of sp³-hybridized carbons (Fsp3) is 0.615. The standard InChI is InChI=1S/C26H41ClN2O3Si/c1-8-10-15-24-28-22(19-32-33(6,7)26(3,4)5)23(16-17-25(30)31-9-2)29(24)18-20-13-11-12-14-21(20)27/h11-14H,8-10,15-19H2,1-7H3. The van der Waals surface area contributed by atoms with E-state index in [0.717, 1.165) is 47.1 Å². The number of aromatic nitrogens is 2. The number of carbonyl (C=O) groups excluding carboxylic acids is 1. The van der Waals surface area contributed by atoms with Crippen LogP contribution >= 0.6 is 11.6 Å². The minimum absolute atomic E-state index is 0.114. The van der Waals surface area contributed by atoms with Gasteiger partial charge in [-0.3, -0.25) is 4.79 Å². The van der Waals surface area contributed by atoms with Gasteiger partial charge in [-0.15, -0.1) is 0 Å². The van der Waals surface area contributed by atoms with Crippen LogP contribution in [0.1, 0.15) is 76.7 Å². The fourth-order valence-corrected chi connectivity index (χ4v) is 4.54. The number of unbranched alkanes of at least 4 members (excludes halogenated alkanes) is 1. The van der Waals surface area contributed by atoms with Gasteiger partial charge in [0.15, 0.2) is 8.32 Å². The summed E-state index contributed by atoms with van der Waals surface area (Å²) in [6.45, 7) is 16.7. The Kier molecular flexibility index (Phi) is 10.2. The molecule has 0 aliphatic rings. The Labute approximate surface area is 206 Å². The van der Waals surface area contributed by atoms with Gasteiger partial charge in [-0.25, -0.2) is 4.98 Å². The van der Waals surface area contributed by atoms with Crippen LogP contribution in [0.2, 0.25) is 23.2 Å². The summed E-state index contributed by atoms with van der Waals surface area (Å²) >= 11 is 6.50. The molecule has 0 saturated heterocycles. The van der Waals surface area contributed by atoms with Gasteiger partial charge in [0.2, 0.25) is 0 Å². The Morgan fingerprint density at radius 1 is 1.15 bits per heavy atom. The van der Waals surface area contributed by atoms with Crippen LogP contribution in [0.5, 0.6) is 0 Å². The van der Waals surface area contributed by atoms with E-state index >= 15 is 0 Å². The van der Waals surface area contributed by atoms with Crippen LogP contribution in [0.4, 0.5) is 0 Å². The minimum Gasteiger partial charge on any atom is -0.466 e. The normalized spacial score (nSPS) is 12.2. The molecule has 5 nitrogen and oxygen atoms in total. The summed E-state index contributed by atoms with van der Waals surface area (Å²) in [6.07, 6.45) is 3.92. The van der Waals surface area contributed by atoms with E-state index in [1.165, 1.54) is 0 Å². The lowest BCUT2D eigenvalue weighted by atomic mass is 10.1. The Morgan fingerprint density at radius 2 is 1.85 bits per heavy atom. The van der Waals surface area contributed by atoms with Crippen LogP contribution < -0.4 is 0 Å². The number of carbonyl (C=O) groups is 1. The van der Waals surface area contributed by atoms with Crippen molar-refractivity contribution in [2.75, 3.05) is 6.61 Å². The van der Waals surface area contributed by atoms with Crippen LogP contribution in [0.25, 0.3) is 0 Å². The highest BCUT2D eigenvalue weighted by Crippen LogP contribution is 2.37. The molecule has 2 aromatic rings. The molecule has 0 fully saturated rings. The summed E-state index contributed by atoms with van der Waals surface area (Å²) < 4.78 is 14.0. The van der Waals surface area contributed by atoms with E-state index in [4.69, 9.17) is 25.7 Å². The van der Waals surface area contributed by atoms with Crippen LogP contribution in [-0.4, -0.2) is 30.4 Å². The molecular formula is C26H41ClN2O3Si. The number of nitrogens with zero attached hydrogens (tertiary/aromatic N) is 2. The van der Waals surface area contributed by atoms with Gasteiger partial charge < -0.3 is 13.7 Å². The zero-order chi connectivity index (χ0) is 24.6. The summed E-state index contributed by atoms with van der Waals surface area (Å²) in [5.74, 6) is 0.846. The first-order valence-electron chi connectivity index (χ1n) is 12.1. The lowest BCUT2D eigenvalue weighted by Crippen LogP contribution is -2.40. The number of esters is 1. The third-order valence-corrected chi connectivity index (χ3v) is 11.4. The fourth-order valence-electron chi connectivity index (χ4n) is 3.42. The van der Waals surface area contributed by atoms with Gasteiger partial charge in [-0.05, 0) is 43.1 Å². The van der Waals surface area contributed by atoms with Crippen molar-refractivity contribution in [2.24, 2.45) is 0 Å². The third kappa shape index (κ3) is 7.69. The molecule has 1 heterocycles. The van der Waals surface area contributed by atoms with E-state index in [0.29, 0.717) is 32.6 Å². The number of hydrogen-bond acceptors (Lipinski definition) is 4. The van der Waals surface area contributed by atoms with Crippen molar-refractivity contribution in [3.8, 4) is 0 Å². The Hall–Kier alpha value is -1.63. The summed E-state index contributed by atoms with van der Waals surface area (Å²) in [7, 11) is -1.95. The molecule has 7 heteroatoms. The van der Waals surface area contributed by atoms with E-state index in [1.54, 1.807) is 0 Å². The van der Waals surface area contributed by atoms with E-state index in [2.05, 4.69) is 45.4 Å². The Morgan fingerprint density at radius 3 is 2.45 bits per heavy atom. The molecule has 2 rings (SSSR count). The molecule has 0 saturated carbocycles. The molecule has 0 aliphatic heterocycles. The molecule has 33 heavy (non-hydrogen) atoms. The Balaban J connectivity index is 2.45. The number of imidazole rings is 1. The summed E-state index contributed by atoms with van der Waals surface area (Å²) in [5, 5.41) is 0.853. The minimum atomic E-state index is -1.95. The van der Waals surface area contributed by atoms with Crippen LogP contribution in [-0.2, 0) is 40.0 Å². The number of rotatable bonds is 12. The highest BCUT2D eigenvalue weighted by atomic mass is 35.5. The number of aryl methyl sites for hydroxylation is 1. The van der Waals surface area contributed by atoms with Crippen molar-refractivity contribution in [3.63, 3.8) is 0 Å². The number of ether oxygens (including phenoxy) is 1. The maximum atomic E-state index is 12.2. The largest absolute Gasteiger partial charge is 0.466 e. The van der Waals surface area contributed by atoms with E-state index in [1.807, 2.05) is 31.2 Å². The highest BCUT2D eigenvalue weighted by Gasteiger charge is 2.37. The summed E-state index contributed by atoms with van der Waals surface area (Å²) in [5.41, 5.74) is 3.03. The van der Waals surface area contributed by atoms with Gasteiger partial charge in [0, 0.05) is 23.6 Å². The first-order valence-corrected chi connectivity index (χ1v) is 15.4. The molecule has 0 atom stereocenters. The van der Waals surface area contributed by atoms with Crippen LogP contribution in [0, 0.1) is 0 Å². The molecular weight excluding hydrogens is 452 g/mol. The van der Waals surface area contributed by atoms with Crippen molar-refractivity contribution in [1.82, 2.24) is 9.55 Å². The predicted octanol–water partition coefficient (Wildman–Crippen LogP) is 6.94. The zero-order valence-electron chi connectivity index (χ0n) is 21.5. The molecule has 1 aromatic carbocycles. The van der Waals surface area contributed by atoms with E-state index in [9.17, 15) is 4.79 Å². The maximum Gasteiger partial charge on any atom is 0.306 e. The molecule has 184 valence electrons. The van der Waals surface area contributed by atoms with Crippen molar-refractivity contribution >= 4 is 25.9 Å². The molecule has 1 aromatic heterocycles. The first kappa shape index (κ1) is 27.6. The second kappa shape index (κ2) is 12.2. The van der Waals surface area contributed by atoms with E-state index in [-0.39, 0.29) is 11.0 Å². The van der Waals surface area contributed by atoms with Gasteiger partial charge in [-0.1, -0.05) is 63.9 Å². The van der Waals surface area contributed by atoms with E-state index < -0.39 is 8.32 Å². The van der Waals surface area contributed by atoms with Crippen LogP contribution in [0.3, 0.4) is 0 Å². The molecule has 0 N–H and O–H groups in total. The molecule has 0 spiro atoms. The lowest BCUT2D eigenvalue weighted by molar-refractivity contribution is -0.143. The smallest absolute Gasteiger partial charge is 0.306 e. The second-order valence-corrected chi connectivity index (χ2v) is 15.3. The van der Waals surface area contributed by atoms with Crippen molar-refractivity contribution in [1.29, 1.82) is 0 Å². The van der Waals surface area contributed by atoms with Gasteiger partial charge in [0.05, 0.1) is 31.9 Å². The summed E-state index contributed by atoms with van der Waals surface area (Å²) in [6, 6.07) is 7.91. The molecule has 0 aliphatic carbocycles. The molecule has 0 unspecified atom stereocenters. The first-order chi connectivity index (χ1) is 15.5. The Bertz CT molecular complexity index is 919. The molecule has 0 bridgehead atoms. The van der Waals surface area contributed by atoms with Gasteiger partial charge in [0.1, 0.15) is 5.82 Å². The van der Waals surface area contributed by atoms with Gasteiger partial charge in [0.25, 0.3) is 0 Å². The number of halogens is 1. The van der Waals surface area contributed by atoms with Crippen molar-refractivity contribution in [3.05, 3.63) is 52.1 Å². The SMILES string of the molecule is CCCCc1nc(CO[Si](C)(C)C(C)(C)C)c(CCC(=O)OCC)n1Cc1ccccc1Cl. The topological polar surface area (TPSA) is 53.4 Å². The third-order valence-electron chi connectivity index (χ3n) is 6.52. The second-order valence-electron chi connectivity index (χ2n) is 10.1.